The fraction of sp³-hybridized carbons (Fsp3) is 0.526. The number of rotatable bonds is 4. The van der Waals surface area contributed by atoms with Crippen molar-refractivity contribution in [3.05, 3.63) is 35.0 Å². The molecule has 1 aromatic heterocycles. The molecule has 0 fully saturated rings. The molecule has 22 heavy (non-hydrogen) atoms. The number of aromatic nitrogens is 1. The van der Waals surface area contributed by atoms with Gasteiger partial charge in [0.2, 0.25) is 0 Å². The molecular weight excluding hydrogens is 274 g/mol. The van der Waals surface area contributed by atoms with Crippen molar-refractivity contribution in [2.75, 3.05) is 0 Å². The lowest BCUT2D eigenvalue weighted by Crippen LogP contribution is -2.33. The monoisotopic (exact) mass is 299 g/mol. The van der Waals surface area contributed by atoms with Crippen LogP contribution in [0.5, 0.6) is 0 Å². The van der Waals surface area contributed by atoms with Gasteiger partial charge in [-0.15, -0.1) is 0 Å². The molecule has 0 radical (unpaired) electrons. The second kappa shape index (κ2) is 5.45. The van der Waals surface area contributed by atoms with Crippen molar-refractivity contribution in [3.8, 4) is 0 Å². The van der Waals surface area contributed by atoms with E-state index in [4.69, 9.17) is 0 Å². The maximum atomic E-state index is 11.4. The Morgan fingerprint density at radius 3 is 2.82 bits per heavy atom. The van der Waals surface area contributed by atoms with Crippen molar-refractivity contribution in [1.82, 2.24) is 4.98 Å². The van der Waals surface area contributed by atoms with Crippen molar-refractivity contribution < 1.29 is 9.90 Å². The summed E-state index contributed by atoms with van der Waals surface area (Å²) in [6, 6.07) is 6.49. The molecule has 3 rings (SSSR count). The number of nitrogens with one attached hydrogen (secondary N) is 1. The summed E-state index contributed by atoms with van der Waals surface area (Å²) >= 11 is 0. The molecule has 0 saturated heterocycles. The minimum absolute atomic E-state index is 0.223. The Kier molecular flexibility index (Phi) is 3.75. The lowest BCUT2D eigenvalue weighted by Gasteiger charge is -2.35. The van der Waals surface area contributed by atoms with E-state index >= 15 is 0 Å². The van der Waals surface area contributed by atoms with Crippen LogP contribution in [0.3, 0.4) is 0 Å². The third kappa shape index (κ3) is 2.23. The highest BCUT2D eigenvalue weighted by Crippen LogP contribution is 2.45. The molecule has 0 bridgehead atoms. The average Bonchev–Trinajstić information content (AvgIpc) is 2.86. The Bertz CT molecular complexity index is 714. The van der Waals surface area contributed by atoms with Crippen molar-refractivity contribution in [3.63, 3.8) is 0 Å². The normalized spacial score (nSPS) is 21.3. The summed E-state index contributed by atoms with van der Waals surface area (Å²) < 4.78 is 0. The third-order valence-corrected chi connectivity index (χ3v) is 5.37. The summed E-state index contributed by atoms with van der Waals surface area (Å²) in [7, 11) is 0. The first-order valence-electron chi connectivity index (χ1n) is 8.34. The van der Waals surface area contributed by atoms with Gasteiger partial charge in [0.25, 0.3) is 0 Å². The van der Waals surface area contributed by atoms with Crippen LogP contribution in [0.2, 0.25) is 0 Å². The van der Waals surface area contributed by atoms with Crippen LogP contribution >= 0.6 is 0 Å². The number of hydrogen-bond donors (Lipinski definition) is 2. The molecule has 1 aliphatic rings. The van der Waals surface area contributed by atoms with Crippen LogP contribution in [-0.4, -0.2) is 16.1 Å². The summed E-state index contributed by atoms with van der Waals surface area (Å²) in [5.74, 6) is -0.239. The van der Waals surface area contributed by atoms with Gasteiger partial charge in [0.15, 0.2) is 0 Å². The highest BCUT2D eigenvalue weighted by Gasteiger charge is 2.39. The second-order valence-electron chi connectivity index (χ2n) is 6.96. The van der Waals surface area contributed by atoms with Gasteiger partial charge in [-0.3, -0.25) is 4.79 Å². The maximum absolute atomic E-state index is 11.4. The standard InChI is InChI=1S/C19H25NO2/c1-4-19(11-16(21)22)10-6-9-15-14-8-5-7-13(12(2)3)17(14)20-18(15)19/h5,7-8,12,20H,4,6,9-11H2,1-3H3,(H,21,22)/t19-/m0/s1. The van der Waals surface area contributed by atoms with Gasteiger partial charge in [0.05, 0.1) is 6.42 Å². The van der Waals surface area contributed by atoms with E-state index in [2.05, 4.69) is 44.0 Å². The number of carboxylic acids is 1. The zero-order valence-electron chi connectivity index (χ0n) is 13.7. The van der Waals surface area contributed by atoms with E-state index in [9.17, 15) is 9.90 Å². The maximum Gasteiger partial charge on any atom is 0.304 e. The Morgan fingerprint density at radius 2 is 2.18 bits per heavy atom. The third-order valence-electron chi connectivity index (χ3n) is 5.37. The van der Waals surface area contributed by atoms with Crippen LogP contribution < -0.4 is 0 Å². The molecule has 0 unspecified atom stereocenters. The number of carboxylic acid groups (broad SMARTS) is 1. The second-order valence-corrected chi connectivity index (χ2v) is 6.96. The van der Waals surface area contributed by atoms with Crippen LogP contribution in [0.15, 0.2) is 18.2 Å². The van der Waals surface area contributed by atoms with Crippen LogP contribution in [0.4, 0.5) is 0 Å². The van der Waals surface area contributed by atoms with Crippen molar-refractivity contribution in [2.45, 2.75) is 64.2 Å². The fourth-order valence-corrected chi connectivity index (χ4v) is 4.16. The molecule has 3 heteroatoms. The van der Waals surface area contributed by atoms with E-state index in [1.165, 1.54) is 27.7 Å². The SMILES string of the molecule is CC[C@@]1(CC(=O)O)CCCc2c1[nH]c1c(C(C)C)cccc21. The number of fused-ring (bicyclic) bond motifs is 3. The zero-order valence-corrected chi connectivity index (χ0v) is 13.7. The van der Waals surface area contributed by atoms with Crippen molar-refractivity contribution >= 4 is 16.9 Å². The number of H-pyrrole nitrogens is 1. The number of para-hydroxylation sites is 1. The summed E-state index contributed by atoms with van der Waals surface area (Å²) in [6.07, 6.45) is 4.19. The van der Waals surface area contributed by atoms with Crippen molar-refractivity contribution in [1.29, 1.82) is 0 Å². The molecule has 1 atom stereocenters. The van der Waals surface area contributed by atoms with Crippen LogP contribution in [0, 0.1) is 0 Å². The van der Waals surface area contributed by atoms with E-state index in [0.717, 1.165) is 25.7 Å². The van der Waals surface area contributed by atoms with Crippen molar-refractivity contribution in [2.24, 2.45) is 0 Å². The van der Waals surface area contributed by atoms with Crippen LogP contribution in [-0.2, 0) is 16.6 Å². The number of benzene rings is 1. The average molecular weight is 299 g/mol. The zero-order chi connectivity index (χ0) is 15.9. The Balaban J connectivity index is 2.25. The van der Waals surface area contributed by atoms with E-state index in [0.29, 0.717) is 5.92 Å². The van der Waals surface area contributed by atoms with Gasteiger partial charge in [-0.25, -0.2) is 0 Å². The minimum Gasteiger partial charge on any atom is -0.481 e. The van der Waals surface area contributed by atoms with Crippen LogP contribution in [0.25, 0.3) is 10.9 Å². The number of carbonyl (C=O) groups is 1. The molecule has 1 aromatic carbocycles. The molecular formula is C19H25NO2. The first-order valence-corrected chi connectivity index (χ1v) is 8.34. The summed E-state index contributed by atoms with van der Waals surface area (Å²) in [5.41, 5.74) is 4.85. The summed E-state index contributed by atoms with van der Waals surface area (Å²) in [6.45, 7) is 6.53. The van der Waals surface area contributed by atoms with Gasteiger partial charge >= 0.3 is 5.97 Å². The van der Waals surface area contributed by atoms with E-state index in [1.54, 1.807) is 0 Å². The summed E-state index contributed by atoms with van der Waals surface area (Å²) in [4.78, 5) is 15.1. The van der Waals surface area contributed by atoms with E-state index < -0.39 is 5.97 Å². The lowest BCUT2D eigenvalue weighted by molar-refractivity contribution is -0.138. The summed E-state index contributed by atoms with van der Waals surface area (Å²) in [5, 5.41) is 10.7. The number of aliphatic carboxylic acids is 1. The van der Waals surface area contributed by atoms with Gasteiger partial charge in [-0.2, -0.15) is 0 Å². The van der Waals surface area contributed by atoms with Gasteiger partial charge < -0.3 is 10.1 Å². The van der Waals surface area contributed by atoms with E-state index in [1.807, 2.05) is 0 Å². The molecule has 1 aliphatic carbocycles. The van der Waals surface area contributed by atoms with Gasteiger partial charge in [0, 0.05) is 22.0 Å². The molecule has 0 saturated carbocycles. The Morgan fingerprint density at radius 1 is 1.41 bits per heavy atom. The Hall–Kier alpha value is -1.77. The topological polar surface area (TPSA) is 53.1 Å². The van der Waals surface area contributed by atoms with E-state index in [-0.39, 0.29) is 11.8 Å². The number of hydrogen-bond acceptors (Lipinski definition) is 1. The molecule has 0 spiro atoms. The highest BCUT2D eigenvalue weighted by molar-refractivity contribution is 5.89. The van der Waals surface area contributed by atoms with Gasteiger partial charge in [-0.1, -0.05) is 39.0 Å². The molecule has 0 aliphatic heterocycles. The Labute approximate surface area is 131 Å². The minimum atomic E-state index is -0.697. The fourth-order valence-electron chi connectivity index (χ4n) is 4.16. The first kappa shape index (κ1) is 15.1. The quantitative estimate of drug-likeness (QED) is 0.856. The smallest absolute Gasteiger partial charge is 0.304 e. The molecule has 1 heterocycles. The van der Waals surface area contributed by atoms with Crippen LogP contribution in [0.1, 0.15) is 69.2 Å². The molecule has 2 N–H and O–H groups in total. The number of aromatic amines is 1. The predicted molar refractivity (Wildman–Crippen MR) is 89.5 cm³/mol. The predicted octanol–water partition coefficient (Wildman–Crippen LogP) is 4.75. The number of aryl methyl sites for hydroxylation is 1. The van der Waals surface area contributed by atoms with Gasteiger partial charge in [-0.05, 0) is 42.7 Å². The van der Waals surface area contributed by atoms with Gasteiger partial charge in [0.1, 0.15) is 0 Å². The largest absolute Gasteiger partial charge is 0.481 e. The molecule has 0 amide bonds. The lowest BCUT2D eigenvalue weighted by atomic mass is 9.69. The molecule has 3 nitrogen and oxygen atoms in total. The molecule has 2 aromatic rings. The highest BCUT2D eigenvalue weighted by atomic mass is 16.4. The first-order chi connectivity index (χ1) is 10.5. The molecule has 118 valence electrons.